The van der Waals surface area contributed by atoms with Crippen LogP contribution in [-0.4, -0.2) is 42.3 Å². The minimum atomic E-state index is -3.10. The van der Waals surface area contributed by atoms with Gasteiger partial charge in [-0.3, -0.25) is 0 Å². The predicted molar refractivity (Wildman–Crippen MR) is 53.3 cm³/mol. The van der Waals surface area contributed by atoms with Crippen LogP contribution in [0.3, 0.4) is 0 Å². The second-order valence-electron chi connectivity index (χ2n) is 5.04. The van der Waals surface area contributed by atoms with Gasteiger partial charge in [0.15, 0.2) is 0 Å². The van der Waals surface area contributed by atoms with Gasteiger partial charge in [-0.15, -0.1) is 0 Å². The van der Waals surface area contributed by atoms with E-state index in [1.54, 1.807) is 0 Å². The van der Waals surface area contributed by atoms with Crippen molar-refractivity contribution in [2.45, 2.75) is 38.0 Å². The van der Waals surface area contributed by atoms with Crippen molar-refractivity contribution in [1.82, 2.24) is 4.31 Å². The summed E-state index contributed by atoms with van der Waals surface area (Å²) < 4.78 is 25.1. The number of β-amino-alcohol motifs (C(OH)–C–C–N with tert-alkyl or cyclic N) is 1. The molecule has 1 atom stereocenters. The van der Waals surface area contributed by atoms with Gasteiger partial charge in [0.2, 0.25) is 10.0 Å². The normalized spacial score (nSPS) is 33.5. The number of hydrogen-bond donors (Lipinski definition) is 1. The van der Waals surface area contributed by atoms with E-state index < -0.39 is 16.1 Å². The molecule has 2 aliphatic rings. The Morgan fingerprint density at radius 1 is 1.36 bits per heavy atom. The highest BCUT2D eigenvalue weighted by atomic mass is 32.2. The first kappa shape index (κ1) is 10.4. The molecule has 5 heteroatoms. The molecule has 14 heavy (non-hydrogen) atoms. The monoisotopic (exact) mass is 219 g/mol. The van der Waals surface area contributed by atoms with Crippen molar-refractivity contribution < 1.29 is 13.5 Å². The zero-order valence-corrected chi connectivity index (χ0v) is 9.42. The van der Waals surface area contributed by atoms with Crippen LogP contribution in [0.1, 0.15) is 26.7 Å². The van der Waals surface area contributed by atoms with Gasteiger partial charge in [-0.05, 0) is 12.8 Å². The summed E-state index contributed by atoms with van der Waals surface area (Å²) in [5.74, 6) is 0. The van der Waals surface area contributed by atoms with Crippen molar-refractivity contribution in [3.8, 4) is 0 Å². The lowest BCUT2D eigenvalue weighted by Crippen LogP contribution is -2.33. The summed E-state index contributed by atoms with van der Waals surface area (Å²) in [4.78, 5) is 0. The third kappa shape index (κ3) is 1.57. The van der Waals surface area contributed by atoms with Crippen molar-refractivity contribution in [2.75, 3.05) is 13.1 Å². The third-order valence-corrected chi connectivity index (χ3v) is 5.48. The number of rotatable bonds is 2. The van der Waals surface area contributed by atoms with Gasteiger partial charge in [0.25, 0.3) is 0 Å². The summed E-state index contributed by atoms with van der Waals surface area (Å²) in [6.45, 7) is 4.53. The summed E-state index contributed by atoms with van der Waals surface area (Å²) in [6.07, 6.45) is 1.04. The molecule has 1 aliphatic carbocycles. The third-order valence-electron chi connectivity index (χ3n) is 3.17. The maximum atomic E-state index is 11.8. The maximum absolute atomic E-state index is 11.8. The van der Waals surface area contributed by atoms with Crippen LogP contribution >= 0.6 is 0 Å². The molecule has 4 nitrogen and oxygen atoms in total. The highest BCUT2D eigenvalue weighted by molar-refractivity contribution is 7.90. The molecule has 1 heterocycles. The second kappa shape index (κ2) is 2.93. The molecular weight excluding hydrogens is 202 g/mol. The minimum absolute atomic E-state index is 0.163. The van der Waals surface area contributed by atoms with Gasteiger partial charge < -0.3 is 5.11 Å². The highest BCUT2D eigenvalue weighted by Gasteiger charge is 2.48. The zero-order valence-electron chi connectivity index (χ0n) is 8.60. The van der Waals surface area contributed by atoms with Gasteiger partial charge in [0.05, 0.1) is 11.4 Å². The molecule has 1 unspecified atom stereocenters. The second-order valence-corrected chi connectivity index (χ2v) is 7.25. The van der Waals surface area contributed by atoms with Crippen LogP contribution < -0.4 is 0 Å². The lowest BCUT2D eigenvalue weighted by molar-refractivity contribution is 0.0960. The fourth-order valence-corrected chi connectivity index (χ4v) is 3.85. The van der Waals surface area contributed by atoms with Gasteiger partial charge in [-0.1, -0.05) is 13.8 Å². The van der Waals surface area contributed by atoms with E-state index >= 15 is 0 Å². The van der Waals surface area contributed by atoms with Crippen LogP contribution in [0.15, 0.2) is 0 Å². The quantitative estimate of drug-likeness (QED) is 0.721. The molecule has 0 spiro atoms. The minimum Gasteiger partial charge on any atom is -0.391 e. The molecule has 2 fully saturated rings. The van der Waals surface area contributed by atoms with Gasteiger partial charge in [-0.2, -0.15) is 4.31 Å². The predicted octanol–water partition coefficient (Wildman–Crippen LogP) is 0.181. The summed E-state index contributed by atoms with van der Waals surface area (Å²) in [6, 6.07) is 0. The van der Waals surface area contributed by atoms with E-state index in [0.717, 1.165) is 12.8 Å². The molecule has 0 aromatic heterocycles. The molecule has 0 bridgehead atoms. The molecule has 1 aliphatic heterocycles. The smallest absolute Gasteiger partial charge is 0.217 e. The Bertz CT molecular complexity index is 332. The Balaban J connectivity index is 2.15. The van der Waals surface area contributed by atoms with E-state index in [1.165, 1.54) is 4.31 Å². The number of nitrogens with zero attached hydrogens (tertiary/aromatic N) is 1. The van der Waals surface area contributed by atoms with Crippen molar-refractivity contribution in [3.05, 3.63) is 0 Å². The van der Waals surface area contributed by atoms with E-state index in [4.69, 9.17) is 0 Å². The Morgan fingerprint density at radius 3 is 2.29 bits per heavy atom. The van der Waals surface area contributed by atoms with E-state index in [2.05, 4.69) is 0 Å². The van der Waals surface area contributed by atoms with E-state index in [9.17, 15) is 13.5 Å². The summed E-state index contributed by atoms with van der Waals surface area (Å²) >= 11 is 0. The van der Waals surface area contributed by atoms with Crippen molar-refractivity contribution in [2.24, 2.45) is 5.41 Å². The van der Waals surface area contributed by atoms with Crippen LogP contribution in [0, 0.1) is 5.41 Å². The first-order valence-electron chi connectivity index (χ1n) is 5.01. The maximum Gasteiger partial charge on any atom is 0.217 e. The van der Waals surface area contributed by atoms with Gasteiger partial charge in [0, 0.05) is 18.5 Å². The van der Waals surface area contributed by atoms with Crippen LogP contribution in [0.4, 0.5) is 0 Å². The van der Waals surface area contributed by atoms with Crippen LogP contribution in [-0.2, 0) is 10.0 Å². The Hall–Kier alpha value is -0.130. The molecule has 82 valence electrons. The number of sulfonamides is 1. The average Bonchev–Trinajstić information content (AvgIpc) is 2.81. The fourth-order valence-electron chi connectivity index (χ4n) is 1.84. The molecule has 1 saturated heterocycles. The molecule has 1 saturated carbocycles. The Kier molecular flexibility index (Phi) is 2.18. The van der Waals surface area contributed by atoms with Crippen molar-refractivity contribution in [1.29, 1.82) is 0 Å². The van der Waals surface area contributed by atoms with Gasteiger partial charge in [-0.25, -0.2) is 8.42 Å². The molecule has 0 amide bonds. The molecule has 0 aromatic rings. The van der Waals surface area contributed by atoms with Gasteiger partial charge in [0.1, 0.15) is 0 Å². The van der Waals surface area contributed by atoms with Crippen LogP contribution in [0.25, 0.3) is 0 Å². The SMILES string of the molecule is CC1(C)CN(S(=O)(=O)C2CC2)CC1O. The fraction of sp³-hybridized carbons (Fsp3) is 1.00. The molecule has 0 aromatic carbocycles. The van der Waals surface area contributed by atoms with Crippen LogP contribution in [0.2, 0.25) is 0 Å². The highest BCUT2D eigenvalue weighted by Crippen LogP contribution is 2.37. The largest absolute Gasteiger partial charge is 0.391 e. The Morgan fingerprint density at radius 2 is 1.93 bits per heavy atom. The lowest BCUT2D eigenvalue weighted by atomic mass is 9.90. The molecular formula is C9H17NO3S. The Labute approximate surface area is 85.0 Å². The van der Waals surface area contributed by atoms with Crippen molar-refractivity contribution in [3.63, 3.8) is 0 Å². The molecule has 2 rings (SSSR count). The first-order valence-corrected chi connectivity index (χ1v) is 6.51. The zero-order chi connectivity index (χ0) is 10.6. The first-order chi connectivity index (χ1) is 6.34. The summed E-state index contributed by atoms with van der Waals surface area (Å²) in [5.41, 5.74) is -0.304. The number of hydrogen-bond acceptors (Lipinski definition) is 3. The van der Waals surface area contributed by atoms with E-state index in [1.807, 2.05) is 13.8 Å². The van der Waals surface area contributed by atoms with Crippen molar-refractivity contribution >= 4 is 10.0 Å². The topological polar surface area (TPSA) is 57.6 Å². The molecule has 1 N–H and O–H groups in total. The standard InChI is InChI=1S/C9H17NO3S/c1-9(2)6-10(5-8(9)11)14(12,13)7-3-4-7/h7-8,11H,3-6H2,1-2H3. The molecule has 0 radical (unpaired) electrons. The summed E-state index contributed by atoms with van der Waals surface area (Å²) in [5, 5.41) is 9.52. The van der Waals surface area contributed by atoms with Gasteiger partial charge >= 0.3 is 0 Å². The number of aliphatic hydroxyl groups excluding tert-OH is 1. The van der Waals surface area contributed by atoms with Crippen LogP contribution in [0.5, 0.6) is 0 Å². The lowest BCUT2D eigenvalue weighted by Gasteiger charge is -2.20. The summed E-state index contributed by atoms with van der Waals surface area (Å²) in [7, 11) is -3.10. The van der Waals surface area contributed by atoms with E-state index in [-0.39, 0.29) is 17.2 Å². The van der Waals surface area contributed by atoms with E-state index in [0.29, 0.717) is 6.54 Å². The number of aliphatic hydroxyl groups is 1. The average molecular weight is 219 g/mol.